The van der Waals surface area contributed by atoms with Gasteiger partial charge in [-0.25, -0.2) is 4.98 Å². The molecule has 0 radical (unpaired) electrons. The summed E-state index contributed by atoms with van der Waals surface area (Å²) < 4.78 is 20.0. The Balaban J connectivity index is 1.41. The molecule has 1 aliphatic rings. The third-order valence-corrected chi connectivity index (χ3v) is 6.25. The molecular weight excluding hydrogens is 334 g/mol. The number of hydrogen-bond donors (Lipinski definition) is 1. The van der Waals surface area contributed by atoms with Crippen molar-refractivity contribution in [1.29, 1.82) is 0 Å². The van der Waals surface area contributed by atoms with Gasteiger partial charge in [0.1, 0.15) is 11.6 Å². The summed E-state index contributed by atoms with van der Waals surface area (Å²) in [6.07, 6.45) is 1.92. The van der Waals surface area contributed by atoms with Gasteiger partial charge in [-0.1, -0.05) is 12.1 Å². The third-order valence-electron chi connectivity index (χ3n) is 4.74. The fourth-order valence-electron chi connectivity index (χ4n) is 3.30. The van der Waals surface area contributed by atoms with E-state index in [4.69, 9.17) is 9.72 Å². The number of aromatic nitrogens is 2. The Bertz CT molecular complexity index is 808. The summed E-state index contributed by atoms with van der Waals surface area (Å²) in [7, 11) is 1.63. The van der Waals surface area contributed by atoms with Crippen LogP contribution in [0.4, 0.5) is 0 Å². The average Bonchev–Trinajstić information content (AvgIpc) is 3.12. The number of piperidine rings is 1. The van der Waals surface area contributed by atoms with Crippen LogP contribution in [0.2, 0.25) is 0 Å². The molecule has 1 saturated heterocycles. The second-order valence-electron chi connectivity index (χ2n) is 6.27. The molecule has 4 rings (SSSR count). The Labute approximate surface area is 150 Å². The Kier molecular flexibility index (Phi) is 4.65. The molecule has 2 aromatic carbocycles. The van der Waals surface area contributed by atoms with Crippen molar-refractivity contribution in [3.8, 4) is 5.75 Å². The largest absolute Gasteiger partial charge is 0.593 e. The minimum atomic E-state index is -1.12. The molecule has 1 aromatic heterocycles. The maximum atomic E-state index is 12.8. The molecule has 0 spiro atoms. The van der Waals surface area contributed by atoms with E-state index in [2.05, 4.69) is 11.1 Å². The number of rotatable bonds is 4. The monoisotopic (exact) mass is 355 g/mol. The minimum absolute atomic E-state index is 0.400. The molecule has 6 heteroatoms. The van der Waals surface area contributed by atoms with Gasteiger partial charge in [0.2, 0.25) is 0 Å². The molecule has 1 fully saturated rings. The molecule has 5 nitrogen and oxygen atoms in total. The normalized spacial score (nSPS) is 17.7. The van der Waals surface area contributed by atoms with Crippen molar-refractivity contribution in [3.63, 3.8) is 0 Å². The van der Waals surface area contributed by atoms with Gasteiger partial charge in [-0.05, 0) is 49.2 Å². The Morgan fingerprint density at radius 2 is 1.84 bits per heavy atom. The number of nitrogens with zero attached hydrogens (tertiary/aromatic N) is 2. The number of benzene rings is 2. The van der Waals surface area contributed by atoms with E-state index in [0.29, 0.717) is 5.92 Å². The number of para-hydroxylation sites is 2. The highest BCUT2D eigenvalue weighted by Crippen LogP contribution is 2.30. The van der Waals surface area contributed by atoms with Crippen LogP contribution in [-0.4, -0.2) is 39.0 Å². The summed E-state index contributed by atoms with van der Waals surface area (Å²) in [4.78, 5) is 8.98. The van der Waals surface area contributed by atoms with Gasteiger partial charge in [0.25, 0.3) is 0 Å². The maximum Gasteiger partial charge on any atom is 0.174 e. The van der Waals surface area contributed by atoms with E-state index < -0.39 is 11.4 Å². The van der Waals surface area contributed by atoms with Gasteiger partial charge in [0.05, 0.1) is 29.5 Å². The van der Waals surface area contributed by atoms with Crippen molar-refractivity contribution in [3.05, 3.63) is 54.4 Å². The molecule has 0 bridgehead atoms. The van der Waals surface area contributed by atoms with E-state index in [0.717, 1.165) is 53.4 Å². The zero-order valence-corrected chi connectivity index (χ0v) is 15.0. The number of imidazole rings is 1. The van der Waals surface area contributed by atoms with Crippen LogP contribution in [0.5, 0.6) is 5.75 Å². The number of methoxy groups -OCH3 is 1. The van der Waals surface area contributed by atoms with E-state index in [1.807, 2.05) is 46.8 Å². The average molecular weight is 355 g/mol. The van der Waals surface area contributed by atoms with Crippen molar-refractivity contribution >= 4 is 22.4 Å². The summed E-state index contributed by atoms with van der Waals surface area (Å²) in [6.45, 7) is 1.61. The molecule has 0 aliphatic carbocycles. The van der Waals surface area contributed by atoms with Crippen LogP contribution in [0.15, 0.2) is 53.4 Å². The predicted octanol–water partition coefficient (Wildman–Crippen LogP) is 3.47. The number of aromatic amines is 1. The lowest BCUT2D eigenvalue weighted by Crippen LogP contribution is -2.38. The Morgan fingerprint density at radius 3 is 2.52 bits per heavy atom. The Morgan fingerprint density at radius 1 is 1.12 bits per heavy atom. The van der Waals surface area contributed by atoms with E-state index in [1.54, 1.807) is 7.11 Å². The molecule has 0 saturated carbocycles. The zero-order chi connectivity index (χ0) is 17.2. The van der Waals surface area contributed by atoms with E-state index in [-0.39, 0.29) is 0 Å². The molecule has 25 heavy (non-hydrogen) atoms. The quantitative estimate of drug-likeness (QED) is 0.728. The summed E-state index contributed by atoms with van der Waals surface area (Å²) in [6, 6.07) is 15.6. The summed E-state index contributed by atoms with van der Waals surface area (Å²) >= 11 is -1.12. The predicted molar refractivity (Wildman–Crippen MR) is 99.0 cm³/mol. The SMILES string of the molecule is COc1ccc([S+]([O-])N2CCC(c3nc4ccccc4[nH]3)CC2)cc1. The van der Waals surface area contributed by atoms with E-state index in [9.17, 15) is 4.55 Å². The summed E-state index contributed by atoms with van der Waals surface area (Å²) in [5.74, 6) is 2.23. The zero-order valence-electron chi connectivity index (χ0n) is 14.1. The second kappa shape index (κ2) is 7.07. The fourth-order valence-corrected chi connectivity index (χ4v) is 4.51. The fraction of sp³-hybridized carbons (Fsp3) is 0.316. The lowest BCUT2D eigenvalue weighted by molar-refractivity contribution is 0.314. The first-order chi connectivity index (χ1) is 12.2. The lowest BCUT2D eigenvalue weighted by atomic mass is 9.97. The van der Waals surface area contributed by atoms with Gasteiger partial charge in [-0.2, -0.15) is 0 Å². The van der Waals surface area contributed by atoms with Gasteiger partial charge in [0, 0.05) is 19.0 Å². The summed E-state index contributed by atoms with van der Waals surface area (Å²) in [5, 5.41) is 0. The summed E-state index contributed by atoms with van der Waals surface area (Å²) in [5.41, 5.74) is 2.10. The van der Waals surface area contributed by atoms with Crippen LogP contribution < -0.4 is 4.74 Å². The molecule has 1 atom stereocenters. The van der Waals surface area contributed by atoms with Crippen LogP contribution in [-0.2, 0) is 11.4 Å². The van der Waals surface area contributed by atoms with Gasteiger partial charge in [-0.15, -0.1) is 4.31 Å². The standard InChI is InChI=1S/C19H21N3O2S/c1-24-15-6-8-16(9-7-15)25(23)22-12-10-14(11-13-22)19-20-17-4-2-3-5-18(17)21-19/h2-9,14H,10-13H2,1H3,(H,20,21). The van der Waals surface area contributed by atoms with Crippen LogP contribution in [0.3, 0.4) is 0 Å². The van der Waals surface area contributed by atoms with Gasteiger partial charge in [-0.3, -0.25) is 0 Å². The highest BCUT2D eigenvalue weighted by Gasteiger charge is 2.30. The number of hydrogen-bond acceptors (Lipinski definition) is 4. The lowest BCUT2D eigenvalue weighted by Gasteiger charge is -2.30. The van der Waals surface area contributed by atoms with E-state index in [1.165, 1.54) is 0 Å². The first kappa shape index (κ1) is 16.4. The van der Waals surface area contributed by atoms with Gasteiger partial charge in [0.15, 0.2) is 4.90 Å². The minimum Gasteiger partial charge on any atom is -0.593 e. The molecule has 1 unspecified atom stereocenters. The highest BCUT2D eigenvalue weighted by molar-refractivity contribution is 7.89. The van der Waals surface area contributed by atoms with Crippen LogP contribution in [0.25, 0.3) is 11.0 Å². The molecule has 0 amide bonds. The van der Waals surface area contributed by atoms with Crippen molar-refractivity contribution in [2.75, 3.05) is 20.2 Å². The van der Waals surface area contributed by atoms with Crippen LogP contribution in [0, 0.1) is 0 Å². The third kappa shape index (κ3) is 3.38. The molecule has 1 aliphatic heterocycles. The molecule has 2 heterocycles. The second-order valence-corrected chi connectivity index (χ2v) is 7.75. The molecule has 3 aromatic rings. The maximum absolute atomic E-state index is 12.8. The molecular formula is C19H21N3O2S. The highest BCUT2D eigenvalue weighted by atomic mass is 32.2. The molecule has 130 valence electrons. The van der Waals surface area contributed by atoms with Crippen molar-refractivity contribution in [2.24, 2.45) is 0 Å². The first-order valence-corrected chi connectivity index (χ1v) is 9.61. The van der Waals surface area contributed by atoms with Crippen LogP contribution in [0.1, 0.15) is 24.6 Å². The number of H-pyrrole nitrogens is 1. The van der Waals surface area contributed by atoms with Gasteiger partial charge >= 0.3 is 0 Å². The topological polar surface area (TPSA) is 64.2 Å². The van der Waals surface area contributed by atoms with Gasteiger partial charge < -0.3 is 14.3 Å². The number of fused-ring (bicyclic) bond motifs is 1. The van der Waals surface area contributed by atoms with E-state index >= 15 is 0 Å². The van der Waals surface area contributed by atoms with Crippen molar-refractivity contribution in [1.82, 2.24) is 14.3 Å². The molecule has 1 N–H and O–H groups in total. The van der Waals surface area contributed by atoms with Crippen LogP contribution >= 0.6 is 0 Å². The Hall–Kier alpha value is -2.02. The number of nitrogens with one attached hydrogen (secondary N) is 1. The first-order valence-electron chi connectivity index (χ1n) is 8.50. The smallest absolute Gasteiger partial charge is 0.174 e. The van der Waals surface area contributed by atoms with Crippen molar-refractivity contribution < 1.29 is 9.29 Å². The van der Waals surface area contributed by atoms with Crippen molar-refractivity contribution in [2.45, 2.75) is 23.7 Å². The number of ether oxygens (including phenoxy) is 1.